The lowest BCUT2D eigenvalue weighted by Crippen LogP contribution is -2.21. The average molecular weight is 396 g/mol. The molecule has 0 N–H and O–H groups in total. The first kappa shape index (κ1) is 20.7. The lowest BCUT2D eigenvalue weighted by Gasteiger charge is -2.11. The van der Waals surface area contributed by atoms with Crippen LogP contribution in [0.25, 0.3) is 16.9 Å². The van der Waals surface area contributed by atoms with E-state index in [4.69, 9.17) is 4.74 Å². The molecule has 0 unspecified atom stereocenters. The van der Waals surface area contributed by atoms with Crippen LogP contribution in [0.15, 0.2) is 46.3 Å². The zero-order valence-corrected chi connectivity index (χ0v) is 17.1. The van der Waals surface area contributed by atoms with Gasteiger partial charge in [-0.2, -0.15) is 0 Å². The Morgan fingerprint density at radius 3 is 2.79 bits per heavy atom. The second-order valence-electron chi connectivity index (χ2n) is 6.98. The maximum absolute atomic E-state index is 14.1. The summed E-state index contributed by atoms with van der Waals surface area (Å²) in [5.41, 5.74) is 2.71. The van der Waals surface area contributed by atoms with Gasteiger partial charge in [-0.05, 0) is 56.8 Å². The number of benzene rings is 1. The van der Waals surface area contributed by atoms with E-state index >= 15 is 0 Å². The van der Waals surface area contributed by atoms with Gasteiger partial charge in [0.2, 0.25) is 0 Å². The maximum Gasteiger partial charge on any atom is 0.258 e. The number of aliphatic imine (C=N–C) groups is 1. The first-order chi connectivity index (χ1) is 13.9. The Kier molecular flexibility index (Phi) is 6.39. The molecule has 6 nitrogen and oxygen atoms in total. The Hall–Kier alpha value is -3.06. The maximum atomic E-state index is 14.1. The number of methoxy groups -OCH3 is 1. The molecule has 0 aliphatic carbocycles. The van der Waals surface area contributed by atoms with Gasteiger partial charge in [0.1, 0.15) is 5.65 Å². The van der Waals surface area contributed by atoms with Crippen LogP contribution in [-0.2, 0) is 0 Å². The minimum atomic E-state index is -0.499. The molecule has 3 aromatic rings. The van der Waals surface area contributed by atoms with Crippen LogP contribution < -0.4 is 10.3 Å². The first-order valence-electron chi connectivity index (χ1n) is 9.52. The molecule has 3 rings (SSSR count). The molecule has 0 radical (unpaired) electrons. The van der Waals surface area contributed by atoms with Crippen molar-refractivity contribution in [2.75, 3.05) is 27.2 Å². The van der Waals surface area contributed by atoms with Gasteiger partial charge in [0.05, 0.1) is 18.5 Å². The lowest BCUT2D eigenvalue weighted by molar-refractivity contribution is 0.384. The smallest absolute Gasteiger partial charge is 0.258 e. The van der Waals surface area contributed by atoms with E-state index in [1.807, 2.05) is 26.3 Å². The van der Waals surface area contributed by atoms with Crippen LogP contribution in [0.4, 0.5) is 10.1 Å². The lowest BCUT2D eigenvalue weighted by atomic mass is 10.1. The number of aryl methyl sites for hydroxylation is 1. The molecule has 0 aliphatic rings. The monoisotopic (exact) mass is 396 g/mol. The molecule has 2 heterocycles. The molecule has 0 saturated heterocycles. The number of ether oxygens (including phenoxy) is 1. The first-order valence-corrected chi connectivity index (χ1v) is 9.52. The van der Waals surface area contributed by atoms with Crippen molar-refractivity contribution in [2.24, 2.45) is 4.99 Å². The second kappa shape index (κ2) is 8.96. The molecule has 0 spiro atoms. The van der Waals surface area contributed by atoms with Crippen LogP contribution in [0, 0.1) is 12.7 Å². The molecular formula is C22H25FN4O2. The molecule has 0 fully saturated rings. The number of hydrogen-bond donors (Lipinski definition) is 0. The summed E-state index contributed by atoms with van der Waals surface area (Å²) in [4.78, 5) is 23.9. The molecule has 0 bridgehead atoms. The Bertz CT molecular complexity index is 1110. The predicted molar refractivity (Wildman–Crippen MR) is 114 cm³/mol. The highest BCUT2D eigenvalue weighted by molar-refractivity contribution is 5.68. The molecule has 0 aliphatic heterocycles. The second-order valence-corrected chi connectivity index (χ2v) is 6.98. The van der Waals surface area contributed by atoms with Crippen molar-refractivity contribution >= 4 is 17.5 Å². The van der Waals surface area contributed by atoms with Gasteiger partial charge in [-0.25, -0.2) is 9.37 Å². The number of nitrogens with zero attached hydrogens (tertiary/aromatic N) is 4. The van der Waals surface area contributed by atoms with Crippen LogP contribution in [0.5, 0.6) is 5.75 Å². The number of fused-ring (bicyclic) bond motifs is 1. The van der Waals surface area contributed by atoms with Crippen LogP contribution in [0.3, 0.4) is 0 Å². The van der Waals surface area contributed by atoms with Crippen molar-refractivity contribution in [1.29, 1.82) is 0 Å². The average Bonchev–Trinajstić information content (AvgIpc) is 2.69. The summed E-state index contributed by atoms with van der Waals surface area (Å²) in [6.45, 7) is 5.75. The van der Waals surface area contributed by atoms with Gasteiger partial charge in [0.25, 0.3) is 5.56 Å². The largest absolute Gasteiger partial charge is 0.494 e. The van der Waals surface area contributed by atoms with Crippen LogP contribution in [-0.4, -0.2) is 47.7 Å². The number of hydrogen-bond acceptors (Lipinski definition) is 5. The number of pyridine rings is 1. The third-order valence-electron chi connectivity index (χ3n) is 4.62. The van der Waals surface area contributed by atoms with E-state index in [0.29, 0.717) is 22.6 Å². The zero-order valence-electron chi connectivity index (χ0n) is 17.1. The Balaban J connectivity index is 1.97. The highest BCUT2D eigenvalue weighted by Gasteiger charge is 2.11. The van der Waals surface area contributed by atoms with Gasteiger partial charge in [0, 0.05) is 30.6 Å². The summed E-state index contributed by atoms with van der Waals surface area (Å²) >= 11 is 0. The molecule has 0 amide bonds. The summed E-state index contributed by atoms with van der Waals surface area (Å²) < 4.78 is 20.5. The van der Waals surface area contributed by atoms with Crippen molar-refractivity contribution in [3.8, 4) is 17.0 Å². The molecule has 0 saturated carbocycles. The minimum Gasteiger partial charge on any atom is -0.494 e. The summed E-state index contributed by atoms with van der Waals surface area (Å²) in [5.74, 6) is -0.351. The van der Waals surface area contributed by atoms with Crippen LogP contribution >= 0.6 is 0 Å². The van der Waals surface area contributed by atoms with Gasteiger partial charge in [0.15, 0.2) is 11.6 Å². The quantitative estimate of drug-likeness (QED) is 0.569. The topological polar surface area (TPSA) is 59.2 Å². The minimum absolute atomic E-state index is 0.148. The Morgan fingerprint density at radius 1 is 1.31 bits per heavy atom. The fourth-order valence-electron chi connectivity index (χ4n) is 3.15. The standard InChI is InChI=1S/C22H25FN4O2/c1-5-9-26(3)10-8-24-17-11-15(2)22-25-19(13-21(28)27(22)14-17)16-6-7-20(29-4)18(23)12-16/h6-8,11-14H,5,9-10H2,1-4H3/b24-8+. The highest BCUT2D eigenvalue weighted by Crippen LogP contribution is 2.25. The molecule has 1 aromatic carbocycles. The molecule has 0 atom stereocenters. The van der Waals surface area contributed by atoms with Crippen molar-refractivity contribution in [1.82, 2.24) is 14.3 Å². The highest BCUT2D eigenvalue weighted by atomic mass is 19.1. The van der Waals surface area contributed by atoms with Crippen LogP contribution in [0.2, 0.25) is 0 Å². The Morgan fingerprint density at radius 2 is 2.10 bits per heavy atom. The van der Waals surface area contributed by atoms with E-state index in [1.54, 1.807) is 12.3 Å². The third-order valence-corrected chi connectivity index (χ3v) is 4.62. The summed E-state index contributed by atoms with van der Waals surface area (Å²) in [7, 11) is 3.45. The molecular weight excluding hydrogens is 371 g/mol. The molecule has 29 heavy (non-hydrogen) atoms. The van der Waals surface area contributed by atoms with Crippen molar-refractivity contribution in [3.05, 3.63) is 58.3 Å². The fraction of sp³-hybridized carbons (Fsp3) is 0.318. The number of halogens is 1. The van der Waals surface area contributed by atoms with Crippen molar-refractivity contribution in [2.45, 2.75) is 20.3 Å². The molecule has 152 valence electrons. The normalized spacial score (nSPS) is 11.7. The van der Waals surface area contributed by atoms with E-state index in [1.165, 1.54) is 29.7 Å². The SMILES string of the molecule is CCCN(C)C/C=N/c1cc(C)c2nc(-c3ccc(OC)c(F)c3)cc(=O)n2c1. The van der Waals surface area contributed by atoms with Gasteiger partial charge < -0.3 is 9.64 Å². The number of aromatic nitrogens is 2. The molecule has 2 aromatic heterocycles. The van der Waals surface area contributed by atoms with Gasteiger partial charge in [-0.15, -0.1) is 0 Å². The van der Waals surface area contributed by atoms with E-state index < -0.39 is 5.82 Å². The van der Waals surface area contributed by atoms with E-state index in [9.17, 15) is 9.18 Å². The van der Waals surface area contributed by atoms with Gasteiger partial charge in [-0.3, -0.25) is 14.2 Å². The van der Waals surface area contributed by atoms with E-state index in [2.05, 4.69) is 21.8 Å². The predicted octanol–water partition coefficient (Wildman–Crippen LogP) is 3.86. The van der Waals surface area contributed by atoms with Crippen LogP contribution in [0.1, 0.15) is 18.9 Å². The summed E-state index contributed by atoms with van der Waals surface area (Å²) in [6.07, 6.45) is 4.59. The third kappa shape index (κ3) is 4.68. The van der Waals surface area contributed by atoms with Crippen molar-refractivity contribution in [3.63, 3.8) is 0 Å². The Labute approximate surface area is 169 Å². The van der Waals surface area contributed by atoms with E-state index in [-0.39, 0.29) is 11.3 Å². The van der Waals surface area contributed by atoms with E-state index in [0.717, 1.165) is 25.1 Å². The summed E-state index contributed by atoms with van der Waals surface area (Å²) in [5, 5.41) is 0. The fourth-order valence-corrected chi connectivity index (χ4v) is 3.15. The summed E-state index contributed by atoms with van der Waals surface area (Å²) in [6, 6.07) is 7.81. The molecule has 7 heteroatoms. The zero-order chi connectivity index (χ0) is 21.0. The number of rotatable bonds is 7. The van der Waals surface area contributed by atoms with Gasteiger partial charge in [-0.1, -0.05) is 6.92 Å². The van der Waals surface area contributed by atoms with Gasteiger partial charge >= 0.3 is 0 Å². The van der Waals surface area contributed by atoms with Crippen molar-refractivity contribution < 1.29 is 9.13 Å².